The minimum atomic E-state index is -0.502. The van der Waals surface area contributed by atoms with Crippen LogP contribution in [0.15, 0.2) is 4.99 Å². The molecule has 0 bridgehead atoms. The first-order valence-corrected chi connectivity index (χ1v) is 5.05. The van der Waals surface area contributed by atoms with Crippen molar-refractivity contribution in [3.05, 3.63) is 0 Å². The molecule has 0 spiro atoms. The number of hydrogen-bond acceptors (Lipinski definition) is 6. The van der Waals surface area contributed by atoms with Gasteiger partial charge in [0.05, 0.1) is 6.42 Å². The van der Waals surface area contributed by atoms with Crippen LogP contribution in [-0.4, -0.2) is 36.3 Å². The van der Waals surface area contributed by atoms with E-state index >= 15 is 0 Å². The lowest BCUT2D eigenvalue weighted by Crippen LogP contribution is -2.28. The summed E-state index contributed by atoms with van der Waals surface area (Å²) in [5.41, 5.74) is 0. The van der Waals surface area contributed by atoms with Crippen molar-refractivity contribution in [2.75, 3.05) is 0 Å². The molecule has 86 valence electrons. The molecule has 0 N–H and O–H groups in total. The number of rotatable bonds is 2. The lowest BCUT2D eigenvalue weighted by atomic mass is 10.0. The first kappa shape index (κ1) is 10.8. The second kappa shape index (κ2) is 4.06. The summed E-state index contributed by atoms with van der Waals surface area (Å²) in [7, 11) is 0. The standard InChI is InChI=1S/C10H11NO5/c1-5(13)15-8-3-7-6(2-9(14)16-7)10(8)11-4-12/h6-8,10H,2-3H2,1H3. The van der Waals surface area contributed by atoms with E-state index in [9.17, 15) is 14.4 Å². The van der Waals surface area contributed by atoms with Crippen LogP contribution in [-0.2, 0) is 23.9 Å². The van der Waals surface area contributed by atoms with Gasteiger partial charge in [-0.3, -0.25) is 9.59 Å². The topological polar surface area (TPSA) is 82.0 Å². The lowest BCUT2D eigenvalue weighted by Gasteiger charge is -2.16. The minimum absolute atomic E-state index is 0.168. The normalized spacial score (nSPS) is 36.2. The fraction of sp³-hybridized carbons (Fsp3) is 0.700. The summed E-state index contributed by atoms with van der Waals surface area (Å²) in [4.78, 5) is 35.9. The molecule has 0 radical (unpaired) electrons. The maximum Gasteiger partial charge on any atom is 0.306 e. The SMILES string of the molecule is CC(=O)OC1CC2OC(=O)CC2C1N=C=O. The van der Waals surface area contributed by atoms with Crippen molar-refractivity contribution in [2.45, 2.75) is 38.0 Å². The van der Waals surface area contributed by atoms with Crippen LogP contribution in [0.2, 0.25) is 0 Å². The first-order chi connectivity index (χ1) is 7.61. The second-order valence-electron chi connectivity index (χ2n) is 3.99. The van der Waals surface area contributed by atoms with E-state index in [1.54, 1.807) is 0 Å². The van der Waals surface area contributed by atoms with Gasteiger partial charge in [0.25, 0.3) is 0 Å². The molecular weight excluding hydrogens is 214 g/mol. The van der Waals surface area contributed by atoms with E-state index in [-0.39, 0.29) is 24.4 Å². The van der Waals surface area contributed by atoms with Crippen molar-refractivity contribution in [1.29, 1.82) is 0 Å². The Morgan fingerprint density at radius 1 is 1.62 bits per heavy atom. The van der Waals surface area contributed by atoms with Crippen LogP contribution in [0, 0.1) is 5.92 Å². The molecule has 1 aliphatic heterocycles. The number of hydrogen-bond donors (Lipinski definition) is 0. The fourth-order valence-corrected chi connectivity index (χ4v) is 2.41. The van der Waals surface area contributed by atoms with Gasteiger partial charge < -0.3 is 9.47 Å². The number of fused-ring (bicyclic) bond motifs is 1. The summed E-state index contributed by atoms with van der Waals surface area (Å²) >= 11 is 0. The Labute approximate surface area is 91.6 Å². The Bertz CT molecular complexity index is 373. The summed E-state index contributed by atoms with van der Waals surface area (Å²) in [6.07, 6.45) is 1.31. The van der Waals surface area contributed by atoms with Crippen molar-refractivity contribution in [2.24, 2.45) is 10.9 Å². The number of isocyanates is 1. The monoisotopic (exact) mass is 225 g/mol. The largest absolute Gasteiger partial charge is 0.462 e. The Kier molecular flexibility index (Phi) is 2.75. The molecule has 0 aromatic heterocycles. The molecule has 1 saturated heterocycles. The van der Waals surface area contributed by atoms with Gasteiger partial charge in [-0.05, 0) is 0 Å². The van der Waals surface area contributed by atoms with Crippen molar-refractivity contribution < 1.29 is 23.9 Å². The van der Waals surface area contributed by atoms with Gasteiger partial charge in [-0.2, -0.15) is 4.99 Å². The number of carbonyl (C=O) groups is 2. The molecule has 2 fully saturated rings. The highest BCUT2D eigenvalue weighted by molar-refractivity contribution is 5.73. The maximum absolute atomic E-state index is 11.1. The molecule has 1 aliphatic carbocycles. The van der Waals surface area contributed by atoms with Crippen LogP contribution >= 0.6 is 0 Å². The highest BCUT2D eigenvalue weighted by Gasteiger charge is 2.51. The molecule has 4 atom stereocenters. The first-order valence-electron chi connectivity index (χ1n) is 5.05. The summed E-state index contributed by atoms with van der Waals surface area (Å²) in [6.45, 7) is 1.29. The van der Waals surface area contributed by atoms with E-state index in [1.165, 1.54) is 13.0 Å². The Hall–Kier alpha value is -1.68. The average Bonchev–Trinajstić information content (AvgIpc) is 2.65. The maximum atomic E-state index is 11.1. The van der Waals surface area contributed by atoms with Crippen LogP contribution in [0.4, 0.5) is 0 Å². The molecule has 16 heavy (non-hydrogen) atoms. The predicted molar refractivity (Wildman–Crippen MR) is 50.1 cm³/mol. The molecule has 2 rings (SSSR count). The smallest absolute Gasteiger partial charge is 0.306 e. The van der Waals surface area contributed by atoms with Crippen molar-refractivity contribution in [1.82, 2.24) is 0 Å². The van der Waals surface area contributed by atoms with Gasteiger partial charge in [-0.1, -0.05) is 0 Å². The van der Waals surface area contributed by atoms with Gasteiger partial charge in [0.1, 0.15) is 18.2 Å². The van der Waals surface area contributed by atoms with Gasteiger partial charge in [0.15, 0.2) is 0 Å². The molecule has 0 aromatic carbocycles. The van der Waals surface area contributed by atoms with E-state index in [1.807, 2.05) is 0 Å². The van der Waals surface area contributed by atoms with Crippen molar-refractivity contribution in [3.8, 4) is 0 Å². The summed E-state index contributed by atoms with van der Waals surface area (Å²) < 4.78 is 10.1. The molecule has 1 saturated carbocycles. The quantitative estimate of drug-likeness (QED) is 0.374. The third kappa shape index (κ3) is 1.84. The molecule has 6 nitrogen and oxygen atoms in total. The van der Waals surface area contributed by atoms with E-state index < -0.39 is 18.1 Å². The number of ether oxygens (including phenoxy) is 2. The molecule has 1 heterocycles. The highest BCUT2D eigenvalue weighted by atomic mass is 16.6. The molecule has 0 amide bonds. The van der Waals surface area contributed by atoms with Gasteiger partial charge in [0, 0.05) is 19.3 Å². The fourth-order valence-electron chi connectivity index (χ4n) is 2.41. The molecule has 4 unspecified atom stereocenters. The second-order valence-corrected chi connectivity index (χ2v) is 3.99. The van der Waals surface area contributed by atoms with Crippen LogP contribution < -0.4 is 0 Å². The zero-order chi connectivity index (χ0) is 11.7. The number of carbonyl (C=O) groups excluding carboxylic acids is 3. The Balaban J connectivity index is 2.15. The third-order valence-electron chi connectivity index (χ3n) is 2.97. The van der Waals surface area contributed by atoms with Crippen LogP contribution in [0.3, 0.4) is 0 Å². The zero-order valence-corrected chi connectivity index (χ0v) is 8.71. The molecular formula is C10H11NO5. The van der Waals surface area contributed by atoms with Crippen molar-refractivity contribution >= 4 is 18.0 Å². The summed E-state index contributed by atoms with van der Waals surface area (Å²) in [6, 6.07) is -0.502. The van der Waals surface area contributed by atoms with Crippen LogP contribution in [0.5, 0.6) is 0 Å². The van der Waals surface area contributed by atoms with E-state index in [4.69, 9.17) is 9.47 Å². The average molecular weight is 225 g/mol. The minimum Gasteiger partial charge on any atom is -0.462 e. The number of nitrogens with zero attached hydrogens (tertiary/aromatic N) is 1. The number of esters is 2. The van der Waals surface area contributed by atoms with Gasteiger partial charge in [0.2, 0.25) is 6.08 Å². The predicted octanol–water partition coefficient (Wildman–Crippen LogP) is -0.0421. The van der Waals surface area contributed by atoms with E-state index in [2.05, 4.69) is 4.99 Å². The molecule has 0 aromatic rings. The molecule has 6 heteroatoms. The number of aliphatic imine (C=N–C) groups is 1. The summed E-state index contributed by atoms with van der Waals surface area (Å²) in [5.74, 6) is -0.886. The Morgan fingerprint density at radius 3 is 3.00 bits per heavy atom. The van der Waals surface area contributed by atoms with Gasteiger partial charge in [-0.15, -0.1) is 0 Å². The highest BCUT2D eigenvalue weighted by Crippen LogP contribution is 2.40. The van der Waals surface area contributed by atoms with E-state index in [0.29, 0.717) is 6.42 Å². The zero-order valence-electron chi connectivity index (χ0n) is 8.71. The summed E-state index contributed by atoms with van der Waals surface area (Å²) in [5, 5.41) is 0. The lowest BCUT2D eigenvalue weighted by molar-refractivity contribution is -0.148. The Morgan fingerprint density at radius 2 is 2.38 bits per heavy atom. The van der Waals surface area contributed by atoms with Gasteiger partial charge in [-0.25, -0.2) is 4.79 Å². The van der Waals surface area contributed by atoms with Crippen LogP contribution in [0.25, 0.3) is 0 Å². The van der Waals surface area contributed by atoms with Gasteiger partial charge >= 0.3 is 11.9 Å². The van der Waals surface area contributed by atoms with Crippen molar-refractivity contribution in [3.63, 3.8) is 0 Å². The third-order valence-corrected chi connectivity index (χ3v) is 2.97. The van der Waals surface area contributed by atoms with E-state index in [0.717, 1.165) is 0 Å². The van der Waals surface area contributed by atoms with Crippen LogP contribution in [0.1, 0.15) is 19.8 Å². The molecule has 2 aliphatic rings.